The second-order valence-corrected chi connectivity index (χ2v) is 4.82. The molecule has 100 valence electrons. The average molecular weight is 280 g/mol. The van der Waals surface area contributed by atoms with Crippen LogP contribution in [0.15, 0.2) is 24.4 Å². The van der Waals surface area contributed by atoms with Crippen LogP contribution in [-0.2, 0) is 0 Å². The summed E-state index contributed by atoms with van der Waals surface area (Å²) in [6, 6.07) is 5.69. The Morgan fingerprint density at radius 1 is 1.32 bits per heavy atom. The lowest BCUT2D eigenvalue weighted by molar-refractivity contribution is 0.171. The van der Waals surface area contributed by atoms with Gasteiger partial charge in [0.05, 0.1) is 17.3 Å². The Morgan fingerprint density at radius 2 is 2.11 bits per heavy atom. The van der Waals surface area contributed by atoms with E-state index >= 15 is 0 Å². The highest BCUT2D eigenvalue weighted by Gasteiger charge is 2.14. The lowest BCUT2D eigenvalue weighted by atomic mass is 10.2. The van der Waals surface area contributed by atoms with E-state index < -0.39 is 0 Å². The molecule has 0 amide bonds. The monoisotopic (exact) mass is 279 g/mol. The standard InChI is InChI=1S/C13H14ClN3O2/c1-2-10(14)11-8-17(16-15-11)9-3-4-12-13(7-9)19-6-5-18-12/h3-4,7-8,10H,2,5-6H2,1H3. The number of rotatable bonds is 3. The first-order chi connectivity index (χ1) is 9.28. The van der Waals surface area contributed by atoms with Crippen LogP contribution in [0.1, 0.15) is 24.4 Å². The number of hydrogen-bond donors (Lipinski definition) is 0. The smallest absolute Gasteiger partial charge is 0.163 e. The van der Waals surface area contributed by atoms with E-state index in [9.17, 15) is 0 Å². The summed E-state index contributed by atoms with van der Waals surface area (Å²) < 4.78 is 12.7. The summed E-state index contributed by atoms with van der Waals surface area (Å²) in [6.45, 7) is 3.17. The van der Waals surface area contributed by atoms with Crippen molar-refractivity contribution < 1.29 is 9.47 Å². The SMILES string of the molecule is CCC(Cl)c1cn(-c2ccc3c(c2)OCCO3)nn1. The molecule has 0 fully saturated rings. The Kier molecular flexibility index (Phi) is 3.29. The Labute approximate surface area is 116 Å². The van der Waals surface area contributed by atoms with E-state index in [4.69, 9.17) is 21.1 Å². The van der Waals surface area contributed by atoms with Crippen molar-refractivity contribution >= 4 is 11.6 Å². The van der Waals surface area contributed by atoms with Gasteiger partial charge in [0.2, 0.25) is 0 Å². The van der Waals surface area contributed by atoms with Crippen LogP contribution >= 0.6 is 11.6 Å². The highest BCUT2D eigenvalue weighted by Crippen LogP contribution is 2.32. The van der Waals surface area contributed by atoms with Crippen molar-refractivity contribution in [3.8, 4) is 17.2 Å². The highest BCUT2D eigenvalue weighted by molar-refractivity contribution is 6.20. The van der Waals surface area contributed by atoms with Gasteiger partial charge in [-0.05, 0) is 18.6 Å². The lowest BCUT2D eigenvalue weighted by Gasteiger charge is -2.18. The third-order valence-electron chi connectivity index (χ3n) is 2.98. The van der Waals surface area contributed by atoms with Crippen molar-refractivity contribution in [1.29, 1.82) is 0 Å². The molecule has 0 saturated carbocycles. The Hall–Kier alpha value is -1.75. The lowest BCUT2D eigenvalue weighted by Crippen LogP contribution is -2.15. The van der Waals surface area contributed by atoms with Crippen LogP contribution in [-0.4, -0.2) is 28.2 Å². The zero-order valence-corrected chi connectivity index (χ0v) is 11.3. The molecule has 2 heterocycles. The van der Waals surface area contributed by atoms with Crippen molar-refractivity contribution in [3.63, 3.8) is 0 Å². The van der Waals surface area contributed by atoms with Crippen molar-refractivity contribution in [2.24, 2.45) is 0 Å². The molecule has 1 unspecified atom stereocenters. The molecule has 0 saturated heterocycles. The number of benzene rings is 1. The first-order valence-corrected chi connectivity index (χ1v) is 6.68. The minimum atomic E-state index is -0.106. The first kappa shape index (κ1) is 12.3. The maximum atomic E-state index is 6.15. The second-order valence-electron chi connectivity index (χ2n) is 4.29. The molecule has 19 heavy (non-hydrogen) atoms. The fourth-order valence-corrected chi connectivity index (χ4v) is 2.03. The Morgan fingerprint density at radius 3 is 2.89 bits per heavy atom. The molecule has 0 aliphatic carbocycles. The van der Waals surface area contributed by atoms with Crippen molar-refractivity contribution in [2.45, 2.75) is 18.7 Å². The second kappa shape index (κ2) is 5.09. The first-order valence-electron chi connectivity index (χ1n) is 6.24. The molecule has 6 heteroatoms. The van der Waals surface area contributed by atoms with E-state index in [0.29, 0.717) is 13.2 Å². The molecular weight excluding hydrogens is 266 g/mol. The molecule has 0 bridgehead atoms. The van der Waals surface area contributed by atoms with Gasteiger partial charge in [0, 0.05) is 6.07 Å². The van der Waals surface area contributed by atoms with Crippen LogP contribution in [0.3, 0.4) is 0 Å². The molecule has 1 aliphatic rings. The maximum Gasteiger partial charge on any atom is 0.163 e. The molecule has 1 aliphatic heterocycles. The van der Waals surface area contributed by atoms with E-state index in [1.165, 1.54) is 0 Å². The van der Waals surface area contributed by atoms with Crippen LogP contribution in [0.2, 0.25) is 0 Å². The molecule has 3 rings (SSSR count). The third kappa shape index (κ3) is 2.38. The van der Waals surface area contributed by atoms with Crippen LogP contribution in [0.25, 0.3) is 5.69 Å². The Bertz CT molecular complexity index is 585. The van der Waals surface area contributed by atoms with Gasteiger partial charge in [-0.1, -0.05) is 12.1 Å². The van der Waals surface area contributed by atoms with Crippen LogP contribution in [0, 0.1) is 0 Å². The van der Waals surface area contributed by atoms with Crippen LogP contribution < -0.4 is 9.47 Å². The van der Waals surface area contributed by atoms with Gasteiger partial charge in [0.25, 0.3) is 0 Å². The summed E-state index contributed by atoms with van der Waals surface area (Å²) in [5, 5.41) is 8.07. The van der Waals surface area contributed by atoms with Gasteiger partial charge in [0.1, 0.15) is 18.9 Å². The maximum absolute atomic E-state index is 6.15. The molecule has 0 spiro atoms. The van der Waals surface area contributed by atoms with Gasteiger partial charge in [-0.15, -0.1) is 16.7 Å². The summed E-state index contributed by atoms with van der Waals surface area (Å²) in [5.74, 6) is 1.50. The number of halogens is 1. The van der Waals surface area contributed by atoms with E-state index in [0.717, 1.165) is 29.3 Å². The number of fused-ring (bicyclic) bond motifs is 1. The quantitative estimate of drug-likeness (QED) is 0.811. The van der Waals surface area contributed by atoms with Crippen LogP contribution in [0.4, 0.5) is 0 Å². The molecule has 5 nitrogen and oxygen atoms in total. The van der Waals surface area contributed by atoms with Gasteiger partial charge >= 0.3 is 0 Å². The minimum Gasteiger partial charge on any atom is -0.486 e. The topological polar surface area (TPSA) is 49.2 Å². The largest absolute Gasteiger partial charge is 0.486 e. The number of nitrogens with zero attached hydrogens (tertiary/aromatic N) is 3. The number of hydrogen-bond acceptors (Lipinski definition) is 4. The van der Waals surface area contributed by atoms with E-state index in [1.807, 2.05) is 31.3 Å². The van der Waals surface area contributed by atoms with E-state index in [1.54, 1.807) is 4.68 Å². The average Bonchev–Trinajstić information content (AvgIpc) is 2.95. The predicted molar refractivity (Wildman–Crippen MR) is 71.2 cm³/mol. The third-order valence-corrected chi connectivity index (χ3v) is 3.51. The van der Waals surface area contributed by atoms with E-state index in [2.05, 4.69) is 10.3 Å². The summed E-state index contributed by atoms with van der Waals surface area (Å²) in [5.41, 5.74) is 1.65. The normalized spacial score (nSPS) is 15.3. The molecule has 0 N–H and O–H groups in total. The number of aromatic nitrogens is 3. The Balaban J connectivity index is 1.91. The van der Waals surface area contributed by atoms with E-state index in [-0.39, 0.29) is 5.38 Å². The van der Waals surface area contributed by atoms with Gasteiger partial charge in [0.15, 0.2) is 11.5 Å². The zero-order chi connectivity index (χ0) is 13.2. The molecule has 2 aromatic rings. The number of alkyl halides is 1. The number of ether oxygens (including phenoxy) is 2. The zero-order valence-electron chi connectivity index (χ0n) is 10.5. The van der Waals surface area contributed by atoms with Gasteiger partial charge in [-0.3, -0.25) is 0 Å². The summed E-state index contributed by atoms with van der Waals surface area (Å²) >= 11 is 6.15. The molecular formula is C13H14ClN3O2. The minimum absolute atomic E-state index is 0.106. The highest BCUT2D eigenvalue weighted by atomic mass is 35.5. The van der Waals surface area contributed by atoms with Gasteiger partial charge in [-0.2, -0.15) is 0 Å². The fraction of sp³-hybridized carbons (Fsp3) is 0.385. The van der Waals surface area contributed by atoms with Crippen molar-refractivity contribution in [2.75, 3.05) is 13.2 Å². The van der Waals surface area contributed by atoms with Crippen LogP contribution in [0.5, 0.6) is 11.5 Å². The van der Waals surface area contributed by atoms with Gasteiger partial charge in [-0.25, -0.2) is 4.68 Å². The van der Waals surface area contributed by atoms with Gasteiger partial charge < -0.3 is 9.47 Å². The molecule has 1 aromatic heterocycles. The fourth-order valence-electron chi connectivity index (χ4n) is 1.93. The van der Waals surface area contributed by atoms with Crippen molar-refractivity contribution in [3.05, 3.63) is 30.1 Å². The molecule has 0 radical (unpaired) electrons. The molecule has 1 aromatic carbocycles. The summed E-state index contributed by atoms with van der Waals surface area (Å²) in [4.78, 5) is 0. The molecule has 1 atom stereocenters. The predicted octanol–water partition coefficient (Wildman–Crippen LogP) is 2.73. The summed E-state index contributed by atoms with van der Waals surface area (Å²) in [6.07, 6.45) is 2.66. The van der Waals surface area contributed by atoms with Crippen molar-refractivity contribution in [1.82, 2.24) is 15.0 Å². The summed E-state index contributed by atoms with van der Waals surface area (Å²) in [7, 11) is 0.